The van der Waals surface area contributed by atoms with E-state index < -0.39 is 0 Å². The first-order valence-corrected chi connectivity index (χ1v) is 12.9. The van der Waals surface area contributed by atoms with E-state index in [0.717, 1.165) is 28.5 Å². The Morgan fingerprint density at radius 2 is 1.14 bits per heavy atom. The summed E-state index contributed by atoms with van der Waals surface area (Å²) in [6.07, 6.45) is 7.43. The van der Waals surface area contributed by atoms with Gasteiger partial charge in [-0.05, 0) is 65.9 Å². The molecular formula is C33H30N2. The Balaban J connectivity index is 1.56. The Labute approximate surface area is 206 Å². The third-order valence-corrected chi connectivity index (χ3v) is 7.19. The summed E-state index contributed by atoms with van der Waals surface area (Å²) in [6.45, 7) is 2.28. The van der Waals surface area contributed by atoms with Crippen LogP contribution in [-0.4, -0.2) is 9.97 Å². The van der Waals surface area contributed by atoms with Crippen LogP contribution in [0.3, 0.4) is 0 Å². The van der Waals surface area contributed by atoms with Gasteiger partial charge < -0.3 is 0 Å². The lowest BCUT2D eigenvalue weighted by Gasteiger charge is -2.16. The highest BCUT2D eigenvalue weighted by Crippen LogP contribution is 2.37. The summed E-state index contributed by atoms with van der Waals surface area (Å²) in [6, 6.07) is 32.5. The summed E-state index contributed by atoms with van der Waals surface area (Å²) < 4.78 is 0. The minimum absolute atomic E-state index is 1.04. The summed E-state index contributed by atoms with van der Waals surface area (Å²) in [5, 5.41) is 4.88. The predicted molar refractivity (Wildman–Crippen MR) is 150 cm³/mol. The molecule has 0 atom stereocenters. The molecule has 4 aromatic carbocycles. The molecule has 0 amide bonds. The number of aryl methyl sites for hydroxylation is 1. The largest absolute Gasteiger partial charge is 0.248 e. The third-order valence-electron chi connectivity index (χ3n) is 7.19. The quantitative estimate of drug-likeness (QED) is 0.177. The molecule has 2 aromatic heterocycles. The molecule has 172 valence electrons. The van der Waals surface area contributed by atoms with E-state index in [1.807, 2.05) is 0 Å². The fraction of sp³-hybridized carbons (Fsp3) is 0.212. The van der Waals surface area contributed by atoms with Crippen molar-refractivity contribution in [1.29, 1.82) is 0 Å². The number of fused-ring (bicyclic) bond motifs is 4. The van der Waals surface area contributed by atoms with E-state index in [-0.39, 0.29) is 0 Å². The van der Waals surface area contributed by atoms with Gasteiger partial charge in [-0.15, -0.1) is 0 Å². The van der Waals surface area contributed by atoms with E-state index in [9.17, 15) is 0 Å². The van der Waals surface area contributed by atoms with Crippen molar-refractivity contribution in [1.82, 2.24) is 9.97 Å². The number of aromatic nitrogens is 2. The van der Waals surface area contributed by atoms with Crippen LogP contribution in [0.5, 0.6) is 0 Å². The molecule has 6 rings (SSSR count). The molecule has 0 saturated heterocycles. The van der Waals surface area contributed by atoms with Gasteiger partial charge in [-0.3, -0.25) is 0 Å². The minimum Gasteiger partial charge on any atom is -0.248 e. The molecule has 2 heteroatoms. The summed E-state index contributed by atoms with van der Waals surface area (Å²) in [5.41, 5.74) is 8.22. The van der Waals surface area contributed by atoms with Crippen molar-refractivity contribution in [2.45, 2.75) is 45.4 Å². The second-order valence-corrected chi connectivity index (χ2v) is 9.56. The maximum Gasteiger partial charge on any atom is 0.0715 e. The fourth-order valence-electron chi connectivity index (χ4n) is 5.37. The zero-order valence-electron chi connectivity index (χ0n) is 20.3. The second kappa shape index (κ2) is 9.46. The molecule has 0 aliphatic carbocycles. The monoisotopic (exact) mass is 454 g/mol. The fourth-order valence-corrected chi connectivity index (χ4v) is 5.37. The lowest BCUT2D eigenvalue weighted by molar-refractivity contribution is 0.633. The number of hydrogen-bond donors (Lipinski definition) is 0. The normalized spacial score (nSPS) is 11.7. The van der Waals surface area contributed by atoms with Gasteiger partial charge in [0.15, 0.2) is 0 Å². The van der Waals surface area contributed by atoms with Crippen LogP contribution < -0.4 is 0 Å². The van der Waals surface area contributed by atoms with Crippen molar-refractivity contribution in [3.05, 3.63) is 96.6 Å². The van der Waals surface area contributed by atoms with Crippen LogP contribution in [0.1, 0.15) is 44.6 Å². The molecule has 0 aliphatic rings. The number of rotatable bonds is 7. The Kier molecular flexibility index (Phi) is 5.88. The molecule has 2 heterocycles. The van der Waals surface area contributed by atoms with Crippen molar-refractivity contribution in [3.8, 4) is 11.1 Å². The lowest BCUT2D eigenvalue weighted by Crippen LogP contribution is -1.96. The van der Waals surface area contributed by atoms with E-state index in [1.165, 1.54) is 70.3 Å². The van der Waals surface area contributed by atoms with Gasteiger partial charge in [0.05, 0.1) is 22.1 Å². The molecular weight excluding hydrogens is 424 g/mol. The van der Waals surface area contributed by atoms with Gasteiger partial charge in [-0.25, -0.2) is 9.97 Å². The van der Waals surface area contributed by atoms with Crippen LogP contribution >= 0.6 is 0 Å². The summed E-state index contributed by atoms with van der Waals surface area (Å²) in [5.74, 6) is 0. The molecule has 6 aromatic rings. The van der Waals surface area contributed by atoms with Crippen molar-refractivity contribution in [2.75, 3.05) is 0 Å². The van der Waals surface area contributed by atoms with Crippen LogP contribution in [-0.2, 0) is 6.42 Å². The van der Waals surface area contributed by atoms with E-state index in [0.29, 0.717) is 0 Å². The van der Waals surface area contributed by atoms with E-state index in [2.05, 4.69) is 97.9 Å². The maximum atomic E-state index is 5.02. The summed E-state index contributed by atoms with van der Waals surface area (Å²) in [4.78, 5) is 10.0. The third kappa shape index (κ3) is 4.14. The summed E-state index contributed by atoms with van der Waals surface area (Å²) in [7, 11) is 0. The van der Waals surface area contributed by atoms with E-state index >= 15 is 0 Å². The average molecular weight is 455 g/mol. The highest BCUT2D eigenvalue weighted by Gasteiger charge is 2.14. The Morgan fingerprint density at radius 1 is 0.514 bits per heavy atom. The second-order valence-electron chi connectivity index (χ2n) is 9.56. The molecule has 0 spiro atoms. The topological polar surface area (TPSA) is 25.8 Å². The predicted octanol–water partition coefficient (Wildman–Crippen LogP) is 9.27. The number of hydrogen-bond acceptors (Lipinski definition) is 2. The number of para-hydroxylation sites is 2. The first-order valence-electron chi connectivity index (χ1n) is 12.9. The smallest absolute Gasteiger partial charge is 0.0715 e. The molecule has 0 aliphatic heterocycles. The van der Waals surface area contributed by atoms with Crippen LogP contribution in [0.15, 0.2) is 91.0 Å². The number of nitrogens with zero attached hydrogens (tertiary/aromatic N) is 2. The lowest BCUT2D eigenvalue weighted by atomic mass is 9.89. The van der Waals surface area contributed by atoms with Gasteiger partial charge in [-0.1, -0.05) is 87.2 Å². The Morgan fingerprint density at radius 3 is 1.89 bits per heavy atom. The standard InChI is InChI=1S/C33H30N2/c1-2-3-4-5-6-14-25-27(19-20-33-29(25)22-24-13-8-10-17-31(24)35-33)26-15-11-18-32-28(26)21-23-12-7-9-16-30(23)34-32/h7-13,15-22H,2-6,14H2,1H3. The molecule has 0 fully saturated rings. The van der Waals surface area contributed by atoms with Crippen LogP contribution in [0.2, 0.25) is 0 Å². The van der Waals surface area contributed by atoms with Gasteiger partial charge >= 0.3 is 0 Å². The molecule has 0 radical (unpaired) electrons. The van der Waals surface area contributed by atoms with Crippen LogP contribution in [0.4, 0.5) is 0 Å². The molecule has 0 unspecified atom stereocenters. The molecule has 0 bridgehead atoms. The van der Waals surface area contributed by atoms with Crippen molar-refractivity contribution < 1.29 is 0 Å². The molecule has 2 nitrogen and oxygen atoms in total. The Hall–Kier alpha value is -3.78. The molecule has 0 saturated carbocycles. The van der Waals surface area contributed by atoms with E-state index in [1.54, 1.807) is 0 Å². The first-order chi connectivity index (χ1) is 17.3. The van der Waals surface area contributed by atoms with Crippen molar-refractivity contribution >= 4 is 43.6 Å². The highest BCUT2D eigenvalue weighted by molar-refractivity contribution is 6.04. The Bertz CT molecular complexity index is 1670. The van der Waals surface area contributed by atoms with Gasteiger partial charge in [0.2, 0.25) is 0 Å². The number of unbranched alkanes of at least 4 members (excludes halogenated alkanes) is 4. The van der Waals surface area contributed by atoms with Gasteiger partial charge in [0.25, 0.3) is 0 Å². The van der Waals surface area contributed by atoms with Crippen LogP contribution in [0.25, 0.3) is 54.7 Å². The average Bonchev–Trinajstić information content (AvgIpc) is 2.90. The minimum atomic E-state index is 1.04. The van der Waals surface area contributed by atoms with Gasteiger partial charge in [0.1, 0.15) is 0 Å². The zero-order valence-corrected chi connectivity index (χ0v) is 20.3. The summed E-state index contributed by atoms with van der Waals surface area (Å²) >= 11 is 0. The number of benzene rings is 4. The van der Waals surface area contributed by atoms with Gasteiger partial charge in [0, 0.05) is 21.5 Å². The first kappa shape index (κ1) is 21.7. The maximum absolute atomic E-state index is 5.02. The number of pyridine rings is 2. The van der Waals surface area contributed by atoms with Crippen molar-refractivity contribution in [2.24, 2.45) is 0 Å². The van der Waals surface area contributed by atoms with Gasteiger partial charge in [-0.2, -0.15) is 0 Å². The SMILES string of the molecule is CCCCCCCc1c(-c2cccc3nc4ccccc4cc23)ccc2nc3ccccc3cc12. The van der Waals surface area contributed by atoms with Crippen molar-refractivity contribution in [3.63, 3.8) is 0 Å². The molecule has 0 N–H and O–H groups in total. The molecule has 35 heavy (non-hydrogen) atoms. The highest BCUT2D eigenvalue weighted by atomic mass is 14.7. The zero-order chi connectivity index (χ0) is 23.6. The van der Waals surface area contributed by atoms with E-state index in [4.69, 9.17) is 9.97 Å². The van der Waals surface area contributed by atoms with Crippen LogP contribution in [0, 0.1) is 0 Å².